The Hall–Kier alpha value is -2.48. The molecule has 1 aromatic heterocycles. The normalized spacial score (nSPS) is 9.89. The Balaban J connectivity index is 1.95. The standard InChI is InChI=1S/C11H11N5O2S/c12-11(18)13-5-10(17)14-8-3-1-7(2-4-8)9-6-19-16-15-9/h1-4,6H,5H2,(H,14,17)(H3,12,13,18). The average Bonchev–Trinajstić information content (AvgIpc) is 2.91. The fraction of sp³-hybridized carbons (Fsp3) is 0.0909. The Morgan fingerprint density at radius 1 is 1.26 bits per heavy atom. The van der Waals surface area contributed by atoms with Gasteiger partial charge in [-0.25, -0.2) is 4.79 Å². The van der Waals surface area contributed by atoms with Crippen LogP contribution in [0.3, 0.4) is 0 Å². The molecule has 0 radical (unpaired) electrons. The van der Waals surface area contributed by atoms with E-state index in [1.54, 1.807) is 12.1 Å². The lowest BCUT2D eigenvalue weighted by Gasteiger charge is -2.05. The van der Waals surface area contributed by atoms with Gasteiger partial charge in [-0.05, 0) is 23.7 Å². The summed E-state index contributed by atoms with van der Waals surface area (Å²) in [6.45, 7) is -0.160. The van der Waals surface area contributed by atoms with Crippen molar-refractivity contribution in [3.05, 3.63) is 29.6 Å². The molecule has 0 saturated heterocycles. The lowest BCUT2D eigenvalue weighted by molar-refractivity contribution is -0.115. The van der Waals surface area contributed by atoms with E-state index in [1.165, 1.54) is 11.5 Å². The lowest BCUT2D eigenvalue weighted by atomic mass is 10.1. The van der Waals surface area contributed by atoms with Gasteiger partial charge in [0.25, 0.3) is 0 Å². The van der Waals surface area contributed by atoms with E-state index in [-0.39, 0.29) is 12.5 Å². The molecule has 0 fully saturated rings. The second-order valence-electron chi connectivity index (χ2n) is 3.63. The second-order valence-corrected chi connectivity index (χ2v) is 4.24. The Bertz CT molecular complexity index is 567. The minimum atomic E-state index is -0.735. The summed E-state index contributed by atoms with van der Waals surface area (Å²) in [6.07, 6.45) is 0. The van der Waals surface area contributed by atoms with Gasteiger partial charge in [0.1, 0.15) is 5.69 Å². The molecule has 8 heteroatoms. The minimum Gasteiger partial charge on any atom is -0.352 e. The van der Waals surface area contributed by atoms with Crippen LogP contribution in [0.1, 0.15) is 0 Å². The molecule has 1 aromatic carbocycles. The minimum absolute atomic E-state index is 0.160. The monoisotopic (exact) mass is 277 g/mol. The number of anilines is 1. The van der Waals surface area contributed by atoms with E-state index in [9.17, 15) is 9.59 Å². The first-order valence-corrected chi connectivity index (χ1v) is 6.19. The summed E-state index contributed by atoms with van der Waals surface area (Å²) >= 11 is 1.28. The predicted molar refractivity (Wildman–Crippen MR) is 71.6 cm³/mol. The SMILES string of the molecule is NC(=O)NCC(=O)Nc1ccc(-c2csnn2)cc1. The van der Waals surface area contributed by atoms with Crippen molar-refractivity contribution in [1.29, 1.82) is 0 Å². The third-order valence-corrected chi connectivity index (χ3v) is 2.75. The summed E-state index contributed by atoms with van der Waals surface area (Å²) < 4.78 is 3.78. The van der Waals surface area contributed by atoms with Crippen LogP contribution in [0.5, 0.6) is 0 Å². The van der Waals surface area contributed by atoms with Crippen molar-refractivity contribution < 1.29 is 9.59 Å². The fourth-order valence-electron chi connectivity index (χ4n) is 1.39. The number of amides is 3. The summed E-state index contributed by atoms with van der Waals surface area (Å²) in [5.74, 6) is -0.345. The third kappa shape index (κ3) is 3.75. The molecule has 1 heterocycles. The number of aromatic nitrogens is 2. The zero-order chi connectivity index (χ0) is 13.7. The number of rotatable bonds is 4. The van der Waals surface area contributed by atoms with Crippen molar-refractivity contribution in [2.45, 2.75) is 0 Å². The molecule has 2 rings (SSSR count). The number of nitrogens with zero attached hydrogens (tertiary/aromatic N) is 2. The van der Waals surface area contributed by atoms with E-state index >= 15 is 0 Å². The first-order valence-electron chi connectivity index (χ1n) is 5.36. The Labute approximate surface area is 113 Å². The molecule has 0 aliphatic rings. The zero-order valence-corrected chi connectivity index (χ0v) is 10.6. The Morgan fingerprint density at radius 3 is 2.58 bits per heavy atom. The van der Waals surface area contributed by atoms with Gasteiger partial charge in [0.15, 0.2) is 0 Å². The average molecular weight is 277 g/mol. The first-order chi connectivity index (χ1) is 9.15. The summed E-state index contributed by atoms with van der Waals surface area (Å²) in [5, 5.41) is 10.6. The number of hydrogen-bond acceptors (Lipinski definition) is 5. The van der Waals surface area contributed by atoms with Crippen molar-refractivity contribution in [2.75, 3.05) is 11.9 Å². The largest absolute Gasteiger partial charge is 0.352 e. The van der Waals surface area contributed by atoms with Crippen molar-refractivity contribution in [2.24, 2.45) is 5.73 Å². The molecule has 0 aliphatic heterocycles. The van der Waals surface area contributed by atoms with Gasteiger partial charge in [-0.3, -0.25) is 4.79 Å². The van der Waals surface area contributed by atoms with Crippen LogP contribution in [-0.2, 0) is 4.79 Å². The molecule has 19 heavy (non-hydrogen) atoms. The Kier molecular flexibility index (Phi) is 4.04. The van der Waals surface area contributed by atoms with Crippen molar-refractivity contribution in [3.63, 3.8) is 0 Å². The topological polar surface area (TPSA) is 110 Å². The van der Waals surface area contributed by atoms with Crippen LogP contribution in [-0.4, -0.2) is 28.1 Å². The van der Waals surface area contributed by atoms with Gasteiger partial charge in [-0.1, -0.05) is 16.6 Å². The number of carbonyl (C=O) groups excluding carboxylic acids is 2. The van der Waals surface area contributed by atoms with Crippen LogP contribution >= 0.6 is 11.5 Å². The van der Waals surface area contributed by atoms with Gasteiger partial charge >= 0.3 is 6.03 Å². The first kappa shape index (κ1) is 13.0. The van der Waals surface area contributed by atoms with Crippen LogP contribution in [0.25, 0.3) is 11.3 Å². The number of benzene rings is 1. The maximum Gasteiger partial charge on any atom is 0.312 e. The number of nitrogens with one attached hydrogen (secondary N) is 2. The molecule has 3 amide bonds. The number of primary amides is 1. The van der Waals surface area contributed by atoms with Gasteiger partial charge < -0.3 is 16.4 Å². The zero-order valence-electron chi connectivity index (χ0n) is 9.79. The third-order valence-electron chi connectivity index (χ3n) is 2.25. The van der Waals surface area contributed by atoms with E-state index in [2.05, 4.69) is 20.2 Å². The molecule has 98 valence electrons. The van der Waals surface area contributed by atoms with Crippen LogP contribution in [0, 0.1) is 0 Å². The van der Waals surface area contributed by atoms with Crippen LogP contribution in [0.15, 0.2) is 29.6 Å². The van der Waals surface area contributed by atoms with Gasteiger partial charge in [0.2, 0.25) is 5.91 Å². The molecule has 0 saturated carbocycles. The molecular formula is C11H11N5O2S. The van der Waals surface area contributed by atoms with E-state index in [1.807, 2.05) is 17.5 Å². The molecule has 4 N–H and O–H groups in total. The molecule has 2 aromatic rings. The van der Waals surface area contributed by atoms with E-state index < -0.39 is 6.03 Å². The van der Waals surface area contributed by atoms with Crippen LogP contribution in [0.4, 0.5) is 10.5 Å². The van der Waals surface area contributed by atoms with Gasteiger partial charge in [0.05, 0.1) is 6.54 Å². The molecular weight excluding hydrogens is 266 g/mol. The molecule has 0 spiro atoms. The smallest absolute Gasteiger partial charge is 0.312 e. The highest BCUT2D eigenvalue weighted by molar-refractivity contribution is 7.03. The summed E-state index contributed by atoms with van der Waals surface area (Å²) in [5.41, 5.74) is 7.20. The molecule has 0 bridgehead atoms. The summed E-state index contributed by atoms with van der Waals surface area (Å²) in [7, 11) is 0. The summed E-state index contributed by atoms with van der Waals surface area (Å²) in [4.78, 5) is 21.9. The number of carbonyl (C=O) groups is 2. The fourth-order valence-corrected chi connectivity index (χ4v) is 1.85. The van der Waals surface area contributed by atoms with E-state index in [0.29, 0.717) is 5.69 Å². The second kappa shape index (κ2) is 5.91. The molecule has 0 aliphatic carbocycles. The predicted octanol–water partition coefficient (Wildman–Crippen LogP) is 0.812. The molecule has 7 nitrogen and oxygen atoms in total. The number of nitrogens with two attached hydrogens (primary N) is 1. The molecule has 0 atom stereocenters. The van der Waals surface area contributed by atoms with E-state index in [4.69, 9.17) is 5.73 Å². The van der Waals surface area contributed by atoms with Crippen LogP contribution < -0.4 is 16.4 Å². The highest BCUT2D eigenvalue weighted by Gasteiger charge is 2.04. The van der Waals surface area contributed by atoms with Crippen molar-refractivity contribution in [1.82, 2.24) is 14.9 Å². The highest BCUT2D eigenvalue weighted by atomic mass is 32.1. The number of urea groups is 1. The summed E-state index contributed by atoms with van der Waals surface area (Å²) in [6, 6.07) is 6.41. The van der Waals surface area contributed by atoms with Crippen molar-refractivity contribution >= 4 is 29.2 Å². The quantitative estimate of drug-likeness (QED) is 0.768. The van der Waals surface area contributed by atoms with Gasteiger partial charge in [-0.15, -0.1) is 5.10 Å². The van der Waals surface area contributed by atoms with Crippen molar-refractivity contribution in [3.8, 4) is 11.3 Å². The highest BCUT2D eigenvalue weighted by Crippen LogP contribution is 2.19. The van der Waals surface area contributed by atoms with E-state index in [0.717, 1.165) is 11.3 Å². The Morgan fingerprint density at radius 2 is 2.00 bits per heavy atom. The molecule has 0 unspecified atom stereocenters. The van der Waals surface area contributed by atoms with Gasteiger partial charge in [-0.2, -0.15) is 0 Å². The van der Waals surface area contributed by atoms with Crippen LogP contribution in [0.2, 0.25) is 0 Å². The lowest BCUT2D eigenvalue weighted by Crippen LogP contribution is -2.36. The number of hydrogen-bond donors (Lipinski definition) is 3. The maximum atomic E-state index is 11.4. The van der Waals surface area contributed by atoms with Gasteiger partial charge in [0, 0.05) is 16.6 Å². The maximum absolute atomic E-state index is 11.4.